The van der Waals surface area contributed by atoms with E-state index < -0.39 is 12.2 Å². The molecule has 0 aromatic carbocycles. The number of rotatable bonds is 2. The van der Waals surface area contributed by atoms with Crippen molar-refractivity contribution in [3.63, 3.8) is 0 Å². The van der Waals surface area contributed by atoms with E-state index in [9.17, 15) is 15.0 Å². The maximum atomic E-state index is 11.2. The second-order valence-electron chi connectivity index (χ2n) is 5.94. The van der Waals surface area contributed by atoms with Gasteiger partial charge in [-0.15, -0.1) is 0 Å². The molecule has 6 nitrogen and oxygen atoms in total. The van der Waals surface area contributed by atoms with Gasteiger partial charge in [0.05, 0.1) is 17.8 Å². The molecule has 0 spiro atoms. The Labute approximate surface area is 124 Å². The molecule has 3 rings (SSSR count). The summed E-state index contributed by atoms with van der Waals surface area (Å²) in [5.74, 6) is 0.919. The second kappa shape index (κ2) is 5.18. The molecule has 0 saturated carbocycles. The Kier molecular flexibility index (Phi) is 3.49. The van der Waals surface area contributed by atoms with E-state index in [0.717, 1.165) is 17.8 Å². The first kappa shape index (κ1) is 14.1. The van der Waals surface area contributed by atoms with E-state index in [4.69, 9.17) is 0 Å². The van der Waals surface area contributed by atoms with Crippen LogP contribution >= 0.6 is 0 Å². The molecule has 2 N–H and O–H groups in total. The van der Waals surface area contributed by atoms with Crippen LogP contribution in [0.4, 0.5) is 10.6 Å². The van der Waals surface area contributed by atoms with Crippen molar-refractivity contribution in [2.24, 2.45) is 0 Å². The minimum Gasteiger partial charge on any atom is -0.465 e. The second-order valence-corrected chi connectivity index (χ2v) is 5.94. The number of aromatic nitrogens is 1. The molecule has 1 aromatic heterocycles. The normalized spacial score (nSPS) is 25.5. The van der Waals surface area contributed by atoms with Crippen molar-refractivity contribution in [3.8, 4) is 0 Å². The van der Waals surface area contributed by atoms with Gasteiger partial charge in [-0.05, 0) is 31.4 Å². The average molecular weight is 291 g/mol. The van der Waals surface area contributed by atoms with Crippen LogP contribution in [0.25, 0.3) is 0 Å². The molecule has 1 unspecified atom stereocenters. The molecule has 114 valence electrons. The Balaban J connectivity index is 1.90. The van der Waals surface area contributed by atoms with Gasteiger partial charge in [0, 0.05) is 19.1 Å². The molecule has 6 heteroatoms. The maximum Gasteiger partial charge on any atom is 0.407 e. The van der Waals surface area contributed by atoms with E-state index in [1.54, 1.807) is 0 Å². The molecule has 1 amide bonds. The van der Waals surface area contributed by atoms with Crippen molar-refractivity contribution in [1.82, 2.24) is 9.88 Å². The fourth-order valence-electron chi connectivity index (χ4n) is 3.41. The maximum absolute atomic E-state index is 11.2. The van der Waals surface area contributed by atoms with Crippen LogP contribution in [0.15, 0.2) is 12.1 Å². The molecule has 0 aliphatic carbocycles. The number of pyridine rings is 1. The number of fused-ring (bicyclic) bond motifs is 3. The number of carboxylic acid groups (broad SMARTS) is 1. The highest BCUT2D eigenvalue weighted by Crippen LogP contribution is 2.36. The number of aliphatic hydroxyl groups excluding tert-OH is 1. The Hall–Kier alpha value is -1.82. The molecule has 2 aliphatic heterocycles. The van der Waals surface area contributed by atoms with Crippen LogP contribution in [0.5, 0.6) is 0 Å². The number of hydrogen-bond donors (Lipinski definition) is 2. The third kappa shape index (κ3) is 2.33. The Morgan fingerprint density at radius 2 is 2.24 bits per heavy atom. The van der Waals surface area contributed by atoms with E-state index in [-0.39, 0.29) is 12.1 Å². The number of nitrogens with zero attached hydrogens (tertiary/aromatic N) is 3. The Bertz CT molecular complexity index is 563. The molecule has 1 aromatic rings. The number of aliphatic hydroxyl groups is 1. The van der Waals surface area contributed by atoms with Gasteiger partial charge in [-0.2, -0.15) is 0 Å². The minimum atomic E-state index is -0.854. The zero-order chi connectivity index (χ0) is 15.1. The zero-order valence-electron chi connectivity index (χ0n) is 12.4. The van der Waals surface area contributed by atoms with Crippen molar-refractivity contribution in [1.29, 1.82) is 0 Å². The van der Waals surface area contributed by atoms with Gasteiger partial charge in [-0.1, -0.05) is 13.0 Å². The van der Waals surface area contributed by atoms with Crippen LogP contribution in [-0.4, -0.2) is 51.4 Å². The van der Waals surface area contributed by atoms with Gasteiger partial charge in [0.1, 0.15) is 5.82 Å². The largest absolute Gasteiger partial charge is 0.465 e. The lowest BCUT2D eigenvalue weighted by Crippen LogP contribution is -2.58. The van der Waals surface area contributed by atoms with Crippen LogP contribution in [-0.2, 0) is 6.42 Å². The quantitative estimate of drug-likeness (QED) is 0.866. The summed E-state index contributed by atoms with van der Waals surface area (Å²) < 4.78 is 0. The van der Waals surface area contributed by atoms with Gasteiger partial charge in [-0.25, -0.2) is 9.78 Å². The zero-order valence-corrected chi connectivity index (χ0v) is 12.4. The average Bonchev–Trinajstić information content (AvgIpc) is 2.83. The van der Waals surface area contributed by atoms with Crippen molar-refractivity contribution in [2.45, 2.75) is 44.9 Å². The highest BCUT2D eigenvalue weighted by molar-refractivity contribution is 5.67. The van der Waals surface area contributed by atoms with Gasteiger partial charge in [0.2, 0.25) is 0 Å². The molecular formula is C15H21N3O3. The summed E-state index contributed by atoms with van der Waals surface area (Å²) in [5, 5.41) is 19.2. The van der Waals surface area contributed by atoms with Gasteiger partial charge in [0.25, 0.3) is 0 Å². The van der Waals surface area contributed by atoms with Gasteiger partial charge in [-0.3, -0.25) is 0 Å². The minimum absolute atomic E-state index is 0.0996. The summed E-state index contributed by atoms with van der Waals surface area (Å²) in [7, 11) is 0. The number of carbonyl (C=O) groups is 1. The van der Waals surface area contributed by atoms with Crippen molar-refractivity contribution < 1.29 is 15.0 Å². The molecule has 0 bridgehead atoms. The van der Waals surface area contributed by atoms with Crippen LogP contribution in [0, 0.1) is 0 Å². The van der Waals surface area contributed by atoms with Crippen LogP contribution in [0.1, 0.15) is 37.6 Å². The van der Waals surface area contributed by atoms with E-state index in [0.29, 0.717) is 25.2 Å². The Morgan fingerprint density at radius 3 is 2.90 bits per heavy atom. The highest BCUT2D eigenvalue weighted by atomic mass is 16.4. The lowest BCUT2D eigenvalue weighted by Gasteiger charge is -2.42. The molecule has 3 atom stereocenters. The molecule has 1 saturated heterocycles. The smallest absolute Gasteiger partial charge is 0.407 e. The van der Waals surface area contributed by atoms with Crippen molar-refractivity contribution >= 4 is 11.9 Å². The van der Waals surface area contributed by atoms with Crippen molar-refractivity contribution in [2.75, 3.05) is 18.0 Å². The molecule has 21 heavy (non-hydrogen) atoms. The molecule has 0 radical (unpaired) electrons. The summed E-state index contributed by atoms with van der Waals surface area (Å²) in [4.78, 5) is 19.5. The highest BCUT2D eigenvalue weighted by Gasteiger charge is 2.40. The molecule has 2 aliphatic rings. The topological polar surface area (TPSA) is 76.9 Å². The van der Waals surface area contributed by atoms with Gasteiger partial charge in [0.15, 0.2) is 0 Å². The van der Waals surface area contributed by atoms with E-state index in [1.165, 1.54) is 4.90 Å². The number of amides is 1. The summed E-state index contributed by atoms with van der Waals surface area (Å²) in [6, 6.07) is 4.15. The predicted molar refractivity (Wildman–Crippen MR) is 78.5 cm³/mol. The molecule has 3 heterocycles. The fraction of sp³-hybridized carbons (Fsp3) is 0.600. The summed E-state index contributed by atoms with van der Waals surface area (Å²) in [6.45, 7) is 4.97. The van der Waals surface area contributed by atoms with Gasteiger partial charge < -0.3 is 20.0 Å². The lowest BCUT2D eigenvalue weighted by atomic mass is 10.1. The first-order chi connectivity index (χ1) is 10.0. The molecular weight excluding hydrogens is 270 g/mol. The van der Waals surface area contributed by atoms with Crippen molar-refractivity contribution in [3.05, 3.63) is 23.4 Å². The number of anilines is 1. The van der Waals surface area contributed by atoms with Crippen LogP contribution < -0.4 is 4.90 Å². The summed E-state index contributed by atoms with van der Waals surface area (Å²) in [5.41, 5.74) is 1.84. The number of piperazine rings is 1. The van der Waals surface area contributed by atoms with E-state index in [1.807, 2.05) is 26.0 Å². The predicted octanol–water partition coefficient (Wildman–Crippen LogP) is 1.64. The van der Waals surface area contributed by atoms with Gasteiger partial charge >= 0.3 is 6.09 Å². The summed E-state index contributed by atoms with van der Waals surface area (Å²) in [6.07, 6.45) is 0.0636. The SMILES string of the molecule is CCC(O)c1ccc2c(n1)N1[C@H](C2)CN(C(=O)O)C[C@H]1C. The first-order valence-electron chi connectivity index (χ1n) is 7.45. The standard InChI is InChI=1S/C15H21N3O3/c1-3-13(19)12-5-4-10-6-11-8-17(15(20)21)7-9(2)18(11)14(10)16-12/h4-5,9,11,13,19H,3,6-8H2,1-2H3,(H,20,21)/t9-,11-,13?/m1/s1. The number of hydrogen-bond acceptors (Lipinski definition) is 4. The third-order valence-electron chi connectivity index (χ3n) is 4.46. The van der Waals surface area contributed by atoms with Crippen LogP contribution in [0.2, 0.25) is 0 Å². The summed E-state index contributed by atoms with van der Waals surface area (Å²) >= 11 is 0. The Morgan fingerprint density at radius 1 is 1.48 bits per heavy atom. The first-order valence-corrected chi connectivity index (χ1v) is 7.45. The third-order valence-corrected chi connectivity index (χ3v) is 4.46. The van der Waals surface area contributed by atoms with E-state index in [2.05, 4.69) is 9.88 Å². The lowest BCUT2D eigenvalue weighted by molar-refractivity contribution is 0.128. The fourth-order valence-corrected chi connectivity index (χ4v) is 3.41. The van der Waals surface area contributed by atoms with E-state index >= 15 is 0 Å². The monoisotopic (exact) mass is 291 g/mol. The van der Waals surface area contributed by atoms with Crippen LogP contribution in [0.3, 0.4) is 0 Å². The molecule has 1 fully saturated rings.